The summed E-state index contributed by atoms with van der Waals surface area (Å²) in [5.74, 6) is 0.939. The zero-order valence-electron chi connectivity index (χ0n) is 9.46. The lowest BCUT2D eigenvalue weighted by molar-refractivity contribution is 0.0306. The Hall–Kier alpha value is -0.0800. The van der Waals surface area contributed by atoms with E-state index in [1.807, 2.05) is 13.8 Å². The van der Waals surface area contributed by atoms with Crippen LogP contribution in [-0.4, -0.2) is 17.3 Å². The average Bonchev–Trinajstić information content (AvgIpc) is 2.18. The van der Waals surface area contributed by atoms with Crippen LogP contribution in [0.4, 0.5) is 0 Å². The number of rotatable bonds is 1. The van der Waals surface area contributed by atoms with Crippen LogP contribution in [0.2, 0.25) is 0 Å². The van der Waals surface area contributed by atoms with Crippen molar-refractivity contribution in [3.05, 3.63) is 0 Å². The fourth-order valence-electron chi connectivity index (χ4n) is 1.97. The van der Waals surface area contributed by atoms with Crippen LogP contribution >= 0.6 is 0 Å². The van der Waals surface area contributed by atoms with Crippen molar-refractivity contribution >= 4 is 0 Å². The van der Waals surface area contributed by atoms with Crippen molar-refractivity contribution in [1.82, 2.24) is 0 Å². The number of aliphatic hydroxyl groups is 1. The molecule has 1 aliphatic rings. The van der Waals surface area contributed by atoms with Gasteiger partial charge in [0, 0.05) is 6.04 Å². The first kappa shape index (κ1) is 12.9. The summed E-state index contributed by atoms with van der Waals surface area (Å²) in [6, 6.07) is 0.0174. The van der Waals surface area contributed by atoms with Gasteiger partial charge in [-0.2, -0.15) is 0 Å². The maximum absolute atomic E-state index is 9.62. The molecule has 3 N–H and O–H groups in total. The summed E-state index contributed by atoms with van der Waals surface area (Å²) in [7, 11) is 0. The molecule has 0 amide bonds. The van der Waals surface area contributed by atoms with E-state index in [1.165, 1.54) is 6.42 Å². The van der Waals surface area contributed by atoms with E-state index in [1.54, 1.807) is 0 Å². The van der Waals surface area contributed by atoms with Gasteiger partial charge in [0.05, 0.1) is 6.10 Å². The lowest BCUT2D eigenvalue weighted by Gasteiger charge is -2.36. The third-order valence-corrected chi connectivity index (χ3v) is 3.04. The van der Waals surface area contributed by atoms with Gasteiger partial charge in [0.25, 0.3) is 0 Å². The van der Waals surface area contributed by atoms with Crippen LogP contribution in [0.3, 0.4) is 0 Å². The van der Waals surface area contributed by atoms with E-state index in [4.69, 9.17) is 5.73 Å². The van der Waals surface area contributed by atoms with Crippen molar-refractivity contribution in [3.8, 4) is 0 Å². The summed E-state index contributed by atoms with van der Waals surface area (Å²) in [6.45, 7) is 8.23. The Morgan fingerprint density at radius 3 is 2.31 bits per heavy atom. The van der Waals surface area contributed by atoms with Crippen molar-refractivity contribution in [2.24, 2.45) is 17.6 Å². The maximum Gasteiger partial charge on any atom is 0.0719 e. The molecule has 0 aromatic rings. The predicted octanol–water partition coefficient (Wildman–Crippen LogP) is 2.16. The standard InChI is InChI=1S/C9H19NO.C2H6/c1-3-7-5-4-6(2)9(11)8(7)10;1-2/h6-9,11H,3-5,10H2,1-2H3;1-2H3. The molecule has 0 radical (unpaired) electrons. The van der Waals surface area contributed by atoms with E-state index in [-0.39, 0.29) is 12.1 Å². The quantitative estimate of drug-likeness (QED) is 0.661. The van der Waals surface area contributed by atoms with Gasteiger partial charge in [-0.1, -0.05) is 34.1 Å². The fraction of sp³-hybridized carbons (Fsp3) is 1.00. The first-order chi connectivity index (χ1) is 6.16. The lowest BCUT2D eigenvalue weighted by Crippen LogP contribution is -2.48. The van der Waals surface area contributed by atoms with Gasteiger partial charge in [-0.25, -0.2) is 0 Å². The second-order valence-electron chi connectivity index (χ2n) is 3.79. The lowest BCUT2D eigenvalue weighted by atomic mass is 9.76. The van der Waals surface area contributed by atoms with Crippen molar-refractivity contribution in [2.45, 2.75) is 59.1 Å². The molecular formula is C11H25NO. The molecule has 2 heteroatoms. The summed E-state index contributed by atoms with van der Waals surface area (Å²) in [6.07, 6.45) is 3.16. The van der Waals surface area contributed by atoms with Gasteiger partial charge in [0.2, 0.25) is 0 Å². The summed E-state index contributed by atoms with van der Waals surface area (Å²) in [5.41, 5.74) is 5.87. The van der Waals surface area contributed by atoms with E-state index >= 15 is 0 Å². The zero-order valence-corrected chi connectivity index (χ0v) is 9.46. The first-order valence-electron chi connectivity index (χ1n) is 5.60. The van der Waals surface area contributed by atoms with Gasteiger partial charge in [0.15, 0.2) is 0 Å². The molecule has 2 nitrogen and oxygen atoms in total. The highest BCUT2D eigenvalue weighted by Crippen LogP contribution is 2.29. The van der Waals surface area contributed by atoms with E-state index < -0.39 is 0 Å². The molecule has 13 heavy (non-hydrogen) atoms. The van der Waals surface area contributed by atoms with Crippen LogP contribution < -0.4 is 5.73 Å². The molecule has 0 bridgehead atoms. The van der Waals surface area contributed by atoms with E-state index in [0.717, 1.165) is 12.8 Å². The van der Waals surface area contributed by atoms with Gasteiger partial charge in [0.1, 0.15) is 0 Å². The molecule has 1 fully saturated rings. The summed E-state index contributed by atoms with van der Waals surface area (Å²) >= 11 is 0. The monoisotopic (exact) mass is 187 g/mol. The smallest absolute Gasteiger partial charge is 0.0719 e. The largest absolute Gasteiger partial charge is 0.391 e. The second-order valence-corrected chi connectivity index (χ2v) is 3.79. The van der Waals surface area contributed by atoms with Crippen molar-refractivity contribution < 1.29 is 5.11 Å². The van der Waals surface area contributed by atoms with Crippen LogP contribution in [0.5, 0.6) is 0 Å². The average molecular weight is 187 g/mol. The Kier molecular flexibility index (Phi) is 6.35. The molecule has 0 heterocycles. The van der Waals surface area contributed by atoms with Gasteiger partial charge >= 0.3 is 0 Å². The van der Waals surface area contributed by atoms with E-state index in [9.17, 15) is 5.11 Å². The molecule has 4 atom stereocenters. The molecule has 4 unspecified atom stereocenters. The third-order valence-electron chi connectivity index (χ3n) is 3.04. The van der Waals surface area contributed by atoms with E-state index in [2.05, 4.69) is 13.8 Å². The molecule has 1 saturated carbocycles. The molecule has 0 aliphatic heterocycles. The van der Waals surface area contributed by atoms with Gasteiger partial charge in [-0.15, -0.1) is 0 Å². The number of hydrogen-bond acceptors (Lipinski definition) is 2. The number of hydrogen-bond donors (Lipinski definition) is 2. The highest BCUT2D eigenvalue weighted by Gasteiger charge is 2.32. The van der Waals surface area contributed by atoms with Crippen LogP contribution in [-0.2, 0) is 0 Å². The minimum atomic E-state index is -0.270. The Bertz CT molecular complexity index is 125. The van der Waals surface area contributed by atoms with Crippen molar-refractivity contribution in [2.75, 3.05) is 0 Å². The van der Waals surface area contributed by atoms with Crippen LogP contribution in [0.25, 0.3) is 0 Å². The molecule has 0 aromatic heterocycles. The summed E-state index contributed by atoms with van der Waals surface area (Å²) < 4.78 is 0. The normalized spacial score (nSPS) is 39.2. The summed E-state index contributed by atoms with van der Waals surface area (Å²) in [5, 5.41) is 9.62. The number of aliphatic hydroxyl groups excluding tert-OH is 1. The second kappa shape index (κ2) is 6.39. The fourth-order valence-corrected chi connectivity index (χ4v) is 1.97. The molecule has 1 aliphatic carbocycles. The Morgan fingerprint density at radius 1 is 1.31 bits per heavy atom. The molecule has 80 valence electrons. The minimum Gasteiger partial charge on any atom is -0.391 e. The molecule has 1 rings (SSSR count). The molecule has 0 spiro atoms. The summed E-state index contributed by atoms with van der Waals surface area (Å²) in [4.78, 5) is 0. The minimum absolute atomic E-state index is 0.0174. The van der Waals surface area contributed by atoms with Gasteiger partial charge in [-0.3, -0.25) is 0 Å². The molecule has 0 aromatic carbocycles. The maximum atomic E-state index is 9.62. The van der Waals surface area contributed by atoms with E-state index in [0.29, 0.717) is 11.8 Å². The highest BCUT2D eigenvalue weighted by atomic mass is 16.3. The Labute approximate surface area is 82.5 Å². The topological polar surface area (TPSA) is 46.2 Å². The van der Waals surface area contributed by atoms with Crippen LogP contribution in [0.15, 0.2) is 0 Å². The van der Waals surface area contributed by atoms with Crippen LogP contribution in [0, 0.1) is 11.8 Å². The third kappa shape index (κ3) is 3.28. The van der Waals surface area contributed by atoms with Gasteiger partial charge in [-0.05, 0) is 24.7 Å². The zero-order chi connectivity index (χ0) is 10.4. The van der Waals surface area contributed by atoms with Crippen molar-refractivity contribution in [3.63, 3.8) is 0 Å². The van der Waals surface area contributed by atoms with Crippen molar-refractivity contribution in [1.29, 1.82) is 0 Å². The molecular weight excluding hydrogens is 162 g/mol. The number of nitrogens with two attached hydrogens (primary N) is 1. The SMILES string of the molecule is CC.CCC1CCC(C)C(O)C1N. The van der Waals surface area contributed by atoms with Crippen LogP contribution in [0.1, 0.15) is 47.0 Å². The van der Waals surface area contributed by atoms with Gasteiger partial charge < -0.3 is 10.8 Å². The molecule has 0 saturated heterocycles. The Morgan fingerprint density at radius 2 is 1.85 bits per heavy atom. The Balaban J connectivity index is 0.000000671. The highest BCUT2D eigenvalue weighted by molar-refractivity contribution is 4.87. The predicted molar refractivity (Wildman–Crippen MR) is 57.5 cm³/mol. The first-order valence-corrected chi connectivity index (χ1v) is 5.60.